The van der Waals surface area contributed by atoms with Gasteiger partial charge in [0.25, 0.3) is 0 Å². The van der Waals surface area contributed by atoms with Crippen LogP contribution >= 0.6 is 0 Å². The van der Waals surface area contributed by atoms with Crippen molar-refractivity contribution in [3.63, 3.8) is 0 Å². The second kappa shape index (κ2) is 5.06. The SMILES string of the molecule is CC1(C)NC(=O)CN(CCc2ccc3c(c2)CCO3)C1=O. The fourth-order valence-corrected chi connectivity index (χ4v) is 2.92. The minimum atomic E-state index is -0.804. The fourth-order valence-electron chi connectivity index (χ4n) is 2.92. The summed E-state index contributed by atoms with van der Waals surface area (Å²) >= 11 is 0. The summed E-state index contributed by atoms with van der Waals surface area (Å²) in [6.07, 6.45) is 1.70. The summed E-state index contributed by atoms with van der Waals surface area (Å²) < 4.78 is 5.49. The van der Waals surface area contributed by atoms with Crippen LogP contribution < -0.4 is 10.1 Å². The second-order valence-electron chi connectivity index (χ2n) is 6.19. The summed E-state index contributed by atoms with van der Waals surface area (Å²) in [5, 5.41) is 2.72. The molecule has 0 unspecified atom stereocenters. The molecule has 1 saturated heterocycles. The van der Waals surface area contributed by atoms with E-state index < -0.39 is 5.54 Å². The van der Waals surface area contributed by atoms with Crippen LogP contribution in [0.5, 0.6) is 5.75 Å². The average Bonchev–Trinajstić information content (AvgIpc) is 2.88. The number of hydrogen-bond donors (Lipinski definition) is 1. The molecule has 2 aliphatic heterocycles. The normalized spacial score (nSPS) is 20.0. The van der Waals surface area contributed by atoms with Crippen molar-refractivity contribution in [1.82, 2.24) is 10.2 Å². The van der Waals surface area contributed by atoms with Crippen molar-refractivity contribution in [3.8, 4) is 5.75 Å². The quantitative estimate of drug-likeness (QED) is 0.899. The van der Waals surface area contributed by atoms with Crippen molar-refractivity contribution in [3.05, 3.63) is 29.3 Å². The summed E-state index contributed by atoms with van der Waals surface area (Å²) in [7, 11) is 0. The molecule has 21 heavy (non-hydrogen) atoms. The molecule has 1 aromatic carbocycles. The van der Waals surface area contributed by atoms with E-state index in [0.29, 0.717) is 6.54 Å². The number of rotatable bonds is 3. The van der Waals surface area contributed by atoms with Gasteiger partial charge >= 0.3 is 0 Å². The van der Waals surface area contributed by atoms with Crippen LogP contribution in [0.15, 0.2) is 18.2 Å². The topological polar surface area (TPSA) is 58.6 Å². The molecule has 2 aliphatic rings. The highest BCUT2D eigenvalue weighted by Crippen LogP contribution is 2.26. The minimum Gasteiger partial charge on any atom is -0.493 e. The molecule has 1 aromatic rings. The van der Waals surface area contributed by atoms with Gasteiger partial charge in [-0.15, -0.1) is 0 Å². The van der Waals surface area contributed by atoms with Crippen LogP contribution in [-0.4, -0.2) is 41.9 Å². The number of hydrogen-bond acceptors (Lipinski definition) is 3. The van der Waals surface area contributed by atoms with E-state index in [1.54, 1.807) is 18.7 Å². The Morgan fingerprint density at radius 2 is 2.14 bits per heavy atom. The Bertz CT molecular complexity index is 595. The van der Waals surface area contributed by atoms with Gasteiger partial charge in [-0.25, -0.2) is 0 Å². The summed E-state index contributed by atoms with van der Waals surface area (Å²) in [5.74, 6) is 0.849. The minimum absolute atomic E-state index is 0.0217. The Hall–Kier alpha value is -2.04. The van der Waals surface area contributed by atoms with E-state index in [9.17, 15) is 9.59 Å². The molecule has 2 heterocycles. The molecule has 0 spiro atoms. The average molecular weight is 288 g/mol. The third-order valence-corrected chi connectivity index (χ3v) is 4.03. The number of nitrogens with one attached hydrogen (secondary N) is 1. The van der Waals surface area contributed by atoms with Crippen LogP contribution in [0.1, 0.15) is 25.0 Å². The van der Waals surface area contributed by atoms with Crippen molar-refractivity contribution in [2.75, 3.05) is 19.7 Å². The van der Waals surface area contributed by atoms with Crippen molar-refractivity contribution in [2.45, 2.75) is 32.2 Å². The van der Waals surface area contributed by atoms with Gasteiger partial charge in [0, 0.05) is 13.0 Å². The first-order chi connectivity index (χ1) is 9.95. The standard InChI is InChI=1S/C16H20N2O3/c1-16(2)15(20)18(10-14(19)17-16)7-5-11-3-4-13-12(9-11)6-8-21-13/h3-4,9H,5-8,10H2,1-2H3,(H,17,19). The van der Waals surface area contributed by atoms with Crippen LogP contribution in [0.4, 0.5) is 0 Å². The first kappa shape index (κ1) is 13.9. The van der Waals surface area contributed by atoms with Crippen LogP contribution in [0.2, 0.25) is 0 Å². The second-order valence-corrected chi connectivity index (χ2v) is 6.19. The zero-order valence-corrected chi connectivity index (χ0v) is 12.4. The maximum atomic E-state index is 12.3. The Morgan fingerprint density at radius 1 is 1.33 bits per heavy atom. The highest BCUT2D eigenvalue weighted by molar-refractivity contribution is 5.97. The van der Waals surface area contributed by atoms with E-state index in [0.717, 1.165) is 25.2 Å². The van der Waals surface area contributed by atoms with Gasteiger partial charge in [-0.2, -0.15) is 0 Å². The van der Waals surface area contributed by atoms with Crippen LogP contribution in [0, 0.1) is 0 Å². The number of amides is 2. The molecule has 1 N–H and O–H groups in total. The molecule has 0 atom stereocenters. The van der Waals surface area contributed by atoms with Crippen molar-refractivity contribution >= 4 is 11.8 Å². The lowest BCUT2D eigenvalue weighted by atomic mass is 9.99. The van der Waals surface area contributed by atoms with E-state index in [1.807, 2.05) is 12.1 Å². The van der Waals surface area contributed by atoms with E-state index in [1.165, 1.54) is 11.1 Å². The number of fused-ring (bicyclic) bond motifs is 1. The van der Waals surface area contributed by atoms with Gasteiger partial charge in [0.05, 0.1) is 13.2 Å². The Labute approximate surface area is 124 Å². The number of piperazine rings is 1. The van der Waals surface area contributed by atoms with Gasteiger partial charge in [0.2, 0.25) is 11.8 Å². The van der Waals surface area contributed by atoms with Crippen molar-refractivity contribution in [2.24, 2.45) is 0 Å². The molecule has 2 amide bonds. The van der Waals surface area contributed by atoms with E-state index >= 15 is 0 Å². The monoisotopic (exact) mass is 288 g/mol. The van der Waals surface area contributed by atoms with E-state index in [2.05, 4.69) is 11.4 Å². The van der Waals surface area contributed by atoms with Gasteiger partial charge < -0.3 is 15.0 Å². The maximum absolute atomic E-state index is 12.3. The van der Waals surface area contributed by atoms with Gasteiger partial charge in [-0.1, -0.05) is 12.1 Å². The molecule has 0 aromatic heterocycles. The summed E-state index contributed by atoms with van der Waals surface area (Å²) in [4.78, 5) is 25.6. The number of carbonyl (C=O) groups is 2. The molecular weight excluding hydrogens is 268 g/mol. The highest BCUT2D eigenvalue weighted by atomic mass is 16.5. The third-order valence-electron chi connectivity index (χ3n) is 4.03. The molecular formula is C16H20N2O3. The molecule has 0 saturated carbocycles. The zero-order valence-electron chi connectivity index (χ0n) is 12.4. The fraction of sp³-hybridized carbons (Fsp3) is 0.500. The van der Waals surface area contributed by atoms with Crippen molar-refractivity contribution in [1.29, 1.82) is 0 Å². The lowest BCUT2D eigenvalue weighted by molar-refractivity contribution is -0.148. The predicted molar refractivity (Wildman–Crippen MR) is 78.1 cm³/mol. The molecule has 0 bridgehead atoms. The third kappa shape index (κ3) is 2.73. The summed E-state index contributed by atoms with van der Waals surface area (Å²) in [6, 6.07) is 6.16. The molecule has 3 rings (SSSR count). The van der Waals surface area contributed by atoms with Crippen LogP contribution in [-0.2, 0) is 22.4 Å². The predicted octanol–water partition coefficient (Wildman–Crippen LogP) is 0.901. The molecule has 112 valence electrons. The lowest BCUT2D eigenvalue weighted by Gasteiger charge is -2.37. The summed E-state index contributed by atoms with van der Waals surface area (Å²) in [5.41, 5.74) is 1.60. The number of ether oxygens (including phenoxy) is 1. The smallest absolute Gasteiger partial charge is 0.248 e. The summed E-state index contributed by atoms with van der Waals surface area (Å²) in [6.45, 7) is 4.95. The molecule has 0 aliphatic carbocycles. The van der Waals surface area contributed by atoms with Crippen LogP contribution in [0.25, 0.3) is 0 Å². The first-order valence-corrected chi connectivity index (χ1v) is 7.31. The molecule has 1 fully saturated rings. The Kier molecular flexibility index (Phi) is 3.35. The van der Waals surface area contributed by atoms with Gasteiger partial charge in [0.1, 0.15) is 11.3 Å². The van der Waals surface area contributed by atoms with Gasteiger partial charge in [-0.05, 0) is 37.5 Å². The van der Waals surface area contributed by atoms with Gasteiger partial charge in [-0.3, -0.25) is 9.59 Å². The van der Waals surface area contributed by atoms with Crippen molar-refractivity contribution < 1.29 is 14.3 Å². The maximum Gasteiger partial charge on any atom is 0.248 e. The van der Waals surface area contributed by atoms with Gasteiger partial charge in [0.15, 0.2) is 0 Å². The highest BCUT2D eigenvalue weighted by Gasteiger charge is 2.38. The number of carbonyl (C=O) groups excluding carboxylic acids is 2. The first-order valence-electron chi connectivity index (χ1n) is 7.31. The molecule has 5 nitrogen and oxygen atoms in total. The lowest BCUT2D eigenvalue weighted by Crippen LogP contribution is -2.64. The van der Waals surface area contributed by atoms with E-state index in [4.69, 9.17) is 4.74 Å². The Morgan fingerprint density at radius 3 is 2.95 bits per heavy atom. The zero-order chi connectivity index (χ0) is 15.0. The van der Waals surface area contributed by atoms with Crippen LogP contribution in [0.3, 0.4) is 0 Å². The van der Waals surface area contributed by atoms with E-state index in [-0.39, 0.29) is 18.4 Å². The molecule has 5 heteroatoms. The Balaban J connectivity index is 1.67. The number of nitrogens with zero attached hydrogens (tertiary/aromatic N) is 1. The molecule has 0 radical (unpaired) electrons. The number of benzene rings is 1. The largest absolute Gasteiger partial charge is 0.493 e.